The zero-order valence-corrected chi connectivity index (χ0v) is 12.0. The zero-order chi connectivity index (χ0) is 13.1. The number of piperidine rings is 1. The maximum absolute atomic E-state index is 6.04. The molecule has 2 N–H and O–H groups in total. The third-order valence-electron chi connectivity index (χ3n) is 4.13. The molecule has 1 aliphatic rings. The highest BCUT2D eigenvalue weighted by atomic mass is 35.5. The molecule has 0 amide bonds. The lowest BCUT2D eigenvalue weighted by Crippen LogP contribution is -2.43. The second-order valence-electron chi connectivity index (χ2n) is 5.48. The standard InChI is InChI=1S/C15H23ClN2/c1-11(17)14-4-3-9-18(10-14)12(2)13-5-7-15(16)8-6-13/h5-8,11-12,14H,3-4,9-10,17H2,1-2H3. The minimum absolute atomic E-state index is 0.296. The fourth-order valence-electron chi connectivity index (χ4n) is 2.77. The minimum atomic E-state index is 0.296. The minimum Gasteiger partial charge on any atom is -0.328 e. The first-order valence-electron chi connectivity index (χ1n) is 6.83. The van der Waals surface area contributed by atoms with Gasteiger partial charge in [0.25, 0.3) is 0 Å². The van der Waals surface area contributed by atoms with Crippen molar-refractivity contribution in [2.45, 2.75) is 38.8 Å². The Morgan fingerprint density at radius 3 is 2.56 bits per heavy atom. The van der Waals surface area contributed by atoms with Crippen LogP contribution in [0, 0.1) is 5.92 Å². The first-order chi connectivity index (χ1) is 8.58. The van der Waals surface area contributed by atoms with Gasteiger partial charge in [0.2, 0.25) is 0 Å². The van der Waals surface area contributed by atoms with Gasteiger partial charge in [-0.3, -0.25) is 4.90 Å². The molecule has 0 saturated carbocycles. The van der Waals surface area contributed by atoms with E-state index in [1.54, 1.807) is 0 Å². The van der Waals surface area contributed by atoms with Crippen LogP contribution in [0.3, 0.4) is 0 Å². The van der Waals surface area contributed by atoms with Crippen molar-refractivity contribution >= 4 is 11.6 Å². The van der Waals surface area contributed by atoms with Crippen LogP contribution in [0.25, 0.3) is 0 Å². The second-order valence-corrected chi connectivity index (χ2v) is 5.92. The van der Waals surface area contributed by atoms with Crippen molar-refractivity contribution in [2.75, 3.05) is 13.1 Å². The summed E-state index contributed by atoms with van der Waals surface area (Å²) in [5, 5.41) is 0.804. The summed E-state index contributed by atoms with van der Waals surface area (Å²) in [6, 6.07) is 8.94. The highest BCUT2D eigenvalue weighted by Gasteiger charge is 2.26. The van der Waals surface area contributed by atoms with E-state index in [9.17, 15) is 0 Å². The van der Waals surface area contributed by atoms with Crippen molar-refractivity contribution in [2.24, 2.45) is 11.7 Å². The Labute approximate surface area is 115 Å². The highest BCUT2D eigenvalue weighted by molar-refractivity contribution is 6.30. The average molecular weight is 267 g/mol. The molecule has 2 rings (SSSR count). The van der Waals surface area contributed by atoms with Crippen LogP contribution in [0.5, 0.6) is 0 Å². The normalized spacial score (nSPS) is 24.8. The molecule has 0 bridgehead atoms. The van der Waals surface area contributed by atoms with Gasteiger partial charge in [-0.15, -0.1) is 0 Å². The lowest BCUT2D eigenvalue weighted by molar-refractivity contribution is 0.121. The van der Waals surface area contributed by atoms with Crippen molar-refractivity contribution in [1.82, 2.24) is 4.90 Å². The molecule has 1 saturated heterocycles. The summed E-state index contributed by atoms with van der Waals surface area (Å²) in [6.07, 6.45) is 2.52. The van der Waals surface area contributed by atoms with Crippen molar-refractivity contribution in [3.8, 4) is 0 Å². The maximum atomic E-state index is 6.04. The van der Waals surface area contributed by atoms with E-state index < -0.39 is 0 Å². The molecule has 0 spiro atoms. The van der Waals surface area contributed by atoms with E-state index >= 15 is 0 Å². The van der Waals surface area contributed by atoms with E-state index in [0.29, 0.717) is 18.0 Å². The lowest BCUT2D eigenvalue weighted by Gasteiger charge is -2.38. The Morgan fingerprint density at radius 2 is 1.94 bits per heavy atom. The predicted octanol–water partition coefficient (Wildman–Crippen LogP) is 3.46. The Bertz CT molecular complexity index is 375. The van der Waals surface area contributed by atoms with Gasteiger partial charge in [0, 0.05) is 23.7 Å². The smallest absolute Gasteiger partial charge is 0.0406 e. The predicted molar refractivity (Wildman–Crippen MR) is 77.8 cm³/mol. The van der Waals surface area contributed by atoms with Crippen LogP contribution < -0.4 is 5.73 Å². The lowest BCUT2D eigenvalue weighted by atomic mass is 9.90. The molecule has 3 atom stereocenters. The summed E-state index contributed by atoms with van der Waals surface area (Å²) in [4.78, 5) is 2.54. The molecule has 1 aromatic rings. The molecular formula is C15H23ClN2. The van der Waals surface area contributed by atoms with Crippen LogP contribution in [-0.2, 0) is 0 Å². The molecular weight excluding hydrogens is 244 g/mol. The molecule has 18 heavy (non-hydrogen) atoms. The van der Waals surface area contributed by atoms with Gasteiger partial charge >= 0.3 is 0 Å². The molecule has 0 aromatic heterocycles. The monoisotopic (exact) mass is 266 g/mol. The van der Waals surface area contributed by atoms with Crippen LogP contribution in [0.15, 0.2) is 24.3 Å². The van der Waals surface area contributed by atoms with E-state index in [1.807, 2.05) is 12.1 Å². The largest absolute Gasteiger partial charge is 0.328 e. The number of halogens is 1. The Hall–Kier alpha value is -0.570. The third kappa shape index (κ3) is 3.25. The van der Waals surface area contributed by atoms with Gasteiger partial charge in [-0.05, 0) is 56.8 Å². The van der Waals surface area contributed by atoms with Gasteiger partial charge in [0.15, 0.2) is 0 Å². The number of nitrogens with two attached hydrogens (primary N) is 1. The van der Waals surface area contributed by atoms with Crippen LogP contribution in [0.1, 0.15) is 38.3 Å². The average Bonchev–Trinajstić information content (AvgIpc) is 2.39. The Balaban J connectivity index is 2.04. The SMILES string of the molecule is CC(N)C1CCCN(C(C)c2ccc(Cl)cc2)C1. The molecule has 3 unspecified atom stereocenters. The molecule has 1 heterocycles. The van der Waals surface area contributed by atoms with Gasteiger partial charge in [-0.25, -0.2) is 0 Å². The molecule has 0 aliphatic carbocycles. The van der Waals surface area contributed by atoms with Gasteiger partial charge in [0.1, 0.15) is 0 Å². The quantitative estimate of drug-likeness (QED) is 0.908. The molecule has 2 nitrogen and oxygen atoms in total. The first-order valence-corrected chi connectivity index (χ1v) is 7.21. The van der Waals surface area contributed by atoms with Gasteiger partial charge in [-0.2, -0.15) is 0 Å². The van der Waals surface area contributed by atoms with E-state index in [2.05, 4.69) is 30.9 Å². The fourth-order valence-corrected chi connectivity index (χ4v) is 2.90. The molecule has 100 valence electrons. The summed E-state index contributed by atoms with van der Waals surface area (Å²) < 4.78 is 0. The maximum Gasteiger partial charge on any atom is 0.0406 e. The van der Waals surface area contributed by atoms with E-state index in [0.717, 1.165) is 11.6 Å². The second kappa shape index (κ2) is 6.05. The fraction of sp³-hybridized carbons (Fsp3) is 0.600. The van der Waals surface area contributed by atoms with Gasteiger partial charge in [0.05, 0.1) is 0 Å². The highest BCUT2D eigenvalue weighted by Crippen LogP contribution is 2.28. The van der Waals surface area contributed by atoms with Gasteiger partial charge < -0.3 is 5.73 Å². The Kier molecular flexibility index (Phi) is 4.66. The van der Waals surface area contributed by atoms with Crippen LogP contribution in [-0.4, -0.2) is 24.0 Å². The number of nitrogens with zero attached hydrogens (tertiary/aromatic N) is 1. The van der Waals surface area contributed by atoms with E-state index in [1.165, 1.54) is 24.9 Å². The zero-order valence-electron chi connectivity index (χ0n) is 11.3. The van der Waals surface area contributed by atoms with E-state index in [-0.39, 0.29) is 0 Å². The van der Waals surface area contributed by atoms with Gasteiger partial charge in [-0.1, -0.05) is 23.7 Å². The third-order valence-corrected chi connectivity index (χ3v) is 4.38. The number of hydrogen-bond donors (Lipinski definition) is 1. The topological polar surface area (TPSA) is 29.3 Å². The molecule has 3 heteroatoms. The van der Waals surface area contributed by atoms with Crippen molar-refractivity contribution in [3.05, 3.63) is 34.9 Å². The van der Waals surface area contributed by atoms with Crippen molar-refractivity contribution in [3.63, 3.8) is 0 Å². The molecule has 1 aliphatic heterocycles. The van der Waals surface area contributed by atoms with E-state index in [4.69, 9.17) is 17.3 Å². The van der Waals surface area contributed by atoms with Crippen LogP contribution >= 0.6 is 11.6 Å². The molecule has 0 radical (unpaired) electrons. The summed E-state index contributed by atoms with van der Waals surface area (Å²) in [5.74, 6) is 0.633. The number of rotatable bonds is 3. The molecule has 1 fully saturated rings. The van der Waals surface area contributed by atoms with Crippen molar-refractivity contribution < 1.29 is 0 Å². The number of likely N-dealkylation sites (tertiary alicyclic amines) is 1. The number of hydrogen-bond acceptors (Lipinski definition) is 2. The Morgan fingerprint density at radius 1 is 1.28 bits per heavy atom. The summed E-state index contributed by atoms with van der Waals surface area (Å²) in [6.45, 7) is 6.68. The van der Waals surface area contributed by atoms with Crippen LogP contribution in [0.2, 0.25) is 5.02 Å². The number of benzene rings is 1. The first kappa shape index (κ1) is 13.9. The summed E-state index contributed by atoms with van der Waals surface area (Å²) in [5.41, 5.74) is 7.38. The van der Waals surface area contributed by atoms with Crippen molar-refractivity contribution in [1.29, 1.82) is 0 Å². The summed E-state index contributed by atoms with van der Waals surface area (Å²) >= 11 is 5.94. The summed E-state index contributed by atoms with van der Waals surface area (Å²) in [7, 11) is 0. The molecule has 1 aromatic carbocycles. The van der Waals surface area contributed by atoms with Crippen LogP contribution in [0.4, 0.5) is 0 Å².